The third-order valence-corrected chi connectivity index (χ3v) is 6.29. The van der Waals surface area contributed by atoms with Crippen molar-refractivity contribution >= 4 is 21.9 Å². The molecule has 1 atom stereocenters. The zero-order valence-electron chi connectivity index (χ0n) is 15.0. The summed E-state index contributed by atoms with van der Waals surface area (Å²) in [5.74, 6) is -0.642. The molecule has 1 aromatic rings. The molecule has 3 heterocycles. The molecule has 142 valence electrons. The first-order valence-corrected chi connectivity index (χ1v) is 10.5. The molecule has 0 radical (unpaired) electrons. The molecule has 1 amide bonds. The van der Waals surface area contributed by atoms with E-state index in [2.05, 4.69) is 4.98 Å². The summed E-state index contributed by atoms with van der Waals surface area (Å²) in [6.07, 6.45) is 7.04. The third-order valence-electron chi connectivity index (χ3n) is 5.04. The van der Waals surface area contributed by atoms with Crippen LogP contribution in [0.5, 0.6) is 0 Å². The highest BCUT2D eigenvalue weighted by Crippen LogP contribution is 2.26. The fourth-order valence-electron chi connectivity index (χ4n) is 3.65. The van der Waals surface area contributed by atoms with Crippen molar-refractivity contribution in [2.75, 3.05) is 26.5 Å². The number of likely N-dealkylation sites (tertiary alicyclic amines) is 1. The van der Waals surface area contributed by atoms with Crippen molar-refractivity contribution in [3.8, 4) is 0 Å². The average Bonchev–Trinajstić information content (AvgIpc) is 2.65. The van der Waals surface area contributed by atoms with Crippen LogP contribution in [0.2, 0.25) is 0 Å². The van der Waals surface area contributed by atoms with Crippen LogP contribution in [0.4, 0.5) is 0 Å². The average molecular weight is 381 g/mol. The summed E-state index contributed by atoms with van der Waals surface area (Å²) in [6, 6.07) is -0.576. The first-order chi connectivity index (χ1) is 12.3. The van der Waals surface area contributed by atoms with Gasteiger partial charge in [-0.05, 0) is 36.8 Å². The minimum absolute atomic E-state index is 0.211. The summed E-state index contributed by atoms with van der Waals surface area (Å²) >= 11 is 0. The lowest BCUT2D eigenvalue weighted by Gasteiger charge is -2.35. The Kier molecular flexibility index (Phi) is 5.29. The summed E-state index contributed by atoms with van der Waals surface area (Å²) in [5, 5.41) is 0. The van der Waals surface area contributed by atoms with Crippen molar-refractivity contribution in [1.29, 1.82) is 0 Å². The van der Waals surface area contributed by atoms with Crippen LogP contribution in [0.25, 0.3) is 0 Å². The maximum atomic E-state index is 13.1. The van der Waals surface area contributed by atoms with Gasteiger partial charge in [0.15, 0.2) is 0 Å². The van der Waals surface area contributed by atoms with Gasteiger partial charge in [-0.2, -0.15) is 4.31 Å². The highest BCUT2D eigenvalue weighted by molar-refractivity contribution is 7.88. The van der Waals surface area contributed by atoms with Crippen LogP contribution < -0.4 is 0 Å². The molecule has 2 aliphatic heterocycles. The Labute approximate surface area is 153 Å². The highest BCUT2D eigenvalue weighted by atomic mass is 32.2. The number of aromatic nitrogens is 1. The van der Waals surface area contributed by atoms with Gasteiger partial charge in [-0.3, -0.25) is 9.78 Å². The molecule has 1 fully saturated rings. The Balaban J connectivity index is 1.90. The molecule has 2 aliphatic rings. The zero-order chi connectivity index (χ0) is 18.9. The molecule has 0 spiro atoms. The number of pyridine rings is 1. The normalized spacial score (nSPS) is 21.2. The third kappa shape index (κ3) is 3.59. The van der Waals surface area contributed by atoms with Gasteiger partial charge in [0, 0.05) is 32.0 Å². The van der Waals surface area contributed by atoms with E-state index in [1.807, 2.05) is 0 Å². The summed E-state index contributed by atoms with van der Waals surface area (Å²) in [6.45, 7) is 1.04. The SMILES string of the molecule is COC(=O)C1CCCCN1C(=O)c1cncc2c1CCN(S(C)(=O)=O)C2. The lowest BCUT2D eigenvalue weighted by Crippen LogP contribution is -2.49. The molecule has 0 N–H and O–H groups in total. The van der Waals surface area contributed by atoms with Gasteiger partial charge in [-0.25, -0.2) is 13.2 Å². The van der Waals surface area contributed by atoms with Gasteiger partial charge in [-0.15, -0.1) is 0 Å². The van der Waals surface area contributed by atoms with Gasteiger partial charge < -0.3 is 9.64 Å². The van der Waals surface area contributed by atoms with Crippen LogP contribution in [0, 0.1) is 0 Å². The summed E-state index contributed by atoms with van der Waals surface area (Å²) < 4.78 is 29.8. The molecule has 0 saturated carbocycles. The lowest BCUT2D eigenvalue weighted by atomic mass is 9.95. The number of hydrogen-bond acceptors (Lipinski definition) is 6. The zero-order valence-corrected chi connectivity index (χ0v) is 15.8. The van der Waals surface area contributed by atoms with E-state index in [0.717, 1.165) is 24.0 Å². The molecule has 1 unspecified atom stereocenters. The van der Waals surface area contributed by atoms with Crippen molar-refractivity contribution in [3.63, 3.8) is 0 Å². The van der Waals surface area contributed by atoms with Crippen LogP contribution in [0.3, 0.4) is 0 Å². The maximum Gasteiger partial charge on any atom is 0.328 e. The van der Waals surface area contributed by atoms with E-state index in [-0.39, 0.29) is 12.5 Å². The van der Waals surface area contributed by atoms with Gasteiger partial charge in [0.1, 0.15) is 6.04 Å². The molecule has 9 heteroatoms. The van der Waals surface area contributed by atoms with Gasteiger partial charge >= 0.3 is 5.97 Å². The molecule has 0 bridgehead atoms. The first kappa shape index (κ1) is 18.8. The Morgan fingerprint density at radius 2 is 2.00 bits per heavy atom. The second-order valence-corrected chi connectivity index (χ2v) is 8.69. The number of nitrogens with zero attached hydrogens (tertiary/aromatic N) is 3. The minimum Gasteiger partial charge on any atom is -0.467 e. The Hall–Kier alpha value is -2.00. The lowest BCUT2D eigenvalue weighted by molar-refractivity contribution is -0.147. The van der Waals surface area contributed by atoms with Crippen LogP contribution >= 0.6 is 0 Å². The molecule has 8 nitrogen and oxygen atoms in total. The summed E-state index contributed by atoms with van der Waals surface area (Å²) in [7, 11) is -1.97. The molecule has 26 heavy (non-hydrogen) atoms. The molecule has 1 saturated heterocycles. The van der Waals surface area contributed by atoms with Gasteiger partial charge in [0.2, 0.25) is 10.0 Å². The summed E-state index contributed by atoms with van der Waals surface area (Å²) in [4.78, 5) is 30.9. The largest absolute Gasteiger partial charge is 0.467 e. The van der Waals surface area contributed by atoms with Crippen LogP contribution in [-0.2, 0) is 32.5 Å². The standard InChI is InChI=1S/C17H23N3O5S/c1-25-17(22)15-5-3-4-7-20(15)16(21)14-10-18-9-12-11-19(26(2,23)24)8-6-13(12)14/h9-10,15H,3-8,11H2,1-2H3. The molecule has 0 aliphatic carbocycles. The Morgan fingerprint density at radius 3 is 2.69 bits per heavy atom. The maximum absolute atomic E-state index is 13.1. The summed E-state index contributed by atoms with van der Waals surface area (Å²) in [5.41, 5.74) is 2.00. The predicted molar refractivity (Wildman–Crippen MR) is 93.9 cm³/mol. The number of carbonyl (C=O) groups is 2. The number of ether oxygens (including phenoxy) is 1. The van der Waals surface area contributed by atoms with E-state index in [0.29, 0.717) is 31.5 Å². The molecular formula is C17H23N3O5S. The van der Waals surface area contributed by atoms with E-state index in [4.69, 9.17) is 4.74 Å². The molecule has 3 rings (SSSR count). The fourth-order valence-corrected chi connectivity index (χ4v) is 4.44. The topological polar surface area (TPSA) is 96.9 Å². The van der Waals surface area contributed by atoms with Gasteiger partial charge in [0.25, 0.3) is 5.91 Å². The quantitative estimate of drug-likeness (QED) is 0.710. The van der Waals surface area contributed by atoms with E-state index in [9.17, 15) is 18.0 Å². The van der Waals surface area contributed by atoms with Crippen LogP contribution in [-0.4, -0.2) is 67.0 Å². The van der Waals surface area contributed by atoms with E-state index in [1.165, 1.54) is 23.9 Å². The second-order valence-electron chi connectivity index (χ2n) is 6.70. The van der Waals surface area contributed by atoms with Gasteiger partial charge in [-0.1, -0.05) is 0 Å². The number of methoxy groups -OCH3 is 1. The number of amides is 1. The number of esters is 1. The molecular weight excluding hydrogens is 358 g/mol. The van der Waals surface area contributed by atoms with Gasteiger partial charge in [0.05, 0.1) is 18.9 Å². The number of rotatable bonds is 3. The molecule has 0 aromatic carbocycles. The number of hydrogen-bond donors (Lipinski definition) is 0. The minimum atomic E-state index is -3.30. The second kappa shape index (κ2) is 7.32. The number of carbonyl (C=O) groups excluding carboxylic acids is 2. The van der Waals surface area contributed by atoms with Crippen molar-refractivity contribution in [2.24, 2.45) is 0 Å². The number of sulfonamides is 1. The van der Waals surface area contributed by atoms with Crippen molar-refractivity contribution in [3.05, 3.63) is 29.1 Å². The van der Waals surface area contributed by atoms with E-state index < -0.39 is 22.0 Å². The van der Waals surface area contributed by atoms with Crippen molar-refractivity contribution in [1.82, 2.24) is 14.2 Å². The highest BCUT2D eigenvalue weighted by Gasteiger charge is 2.35. The smallest absolute Gasteiger partial charge is 0.328 e. The van der Waals surface area contributed by atoms with Crippen LogP contribution in [0.15, 0.2) is 12.4 Å². The van der Waals surface area contributed by atoms with Crippen molar-refractivity contribution in [2.45, 2.75) is 38.3 Å². The Morgan fingerprint density at radius 1 is 1.23 bits per heavy atom. The first-order valence-electron chi connectivity index (χ1n) is 8.62. The monoisotopic (exact) mass is 381 g/mol. The predicted octanol–water partition coefficient (Wildman–Crippen LogP) is 0.567. The Bertz CT molecular complexity index is 824. The van der Waals surface area contributed by atoms with E-state index in [1.54, 1.807) is 11.1 Å². The number of piperidine rings is 1. The number of fused-ring (bicyclic) bond motifs is 1. The fraction of sp³-hybridized carbons (Fsp3) is 0.588. The van der Waals surface area contributed by atoms with Crippen LogP contribution in [0.1, 0.15) is 40.7 Å². The van der Waals surface area contributed by atoms with Crippen molar-refractivity contribution < 1.29 is 22.7 Å². The molecule has 1 aromatic heterocycles. The van der Waals surface area contributed by atoms with E-state index >= 15 is 0 Å².